The number of nitrogens with zero attached hydrogens (tertiary/aromatic N) is 2. The number of aromatic nitrogens is 2. The molecule has 5 rings (SSSR count). The van der Waals surface area contributed by atoms with Crippen LogP contribution in [-0.2, 0) is 33.9 Å². The molecule has 0 spiro atoms. The quantitative estimate of drug-likeness (QED) is 0.146. The number of anilines is 1. The SMILES string of the molecule is C[C@@H](O)CNC(C)(C)CC(=O)N[C@@H]1CSc2ccccc2N(Cc2ccc(-c3ccccc3CNC(=O)Cc3cnc[nH]3)cc2)C1=O. The maximum Gasteiger partial charge on any atom is 0.250 e. The molecule has 0 saturated carbocycles. The third-order valence-electron chi connectivity index (χ3n) is 7.94. The summed E-state index contributed by atoms with van der Waals surface area (Å²) in [6.45, 7) is 6.60. The maximum absolute atomic E-state index is 14.0. The molecule has 4 aromatic rings. The number of thioether (sulfide) groups is 1. The molecule has 10 nitrogen and oxygen atoms in total. The van der Waals surface area contributed by atoms with E-state index in [1.807, 2.05) is 86.6 Å². The zero-order valence-electron chi connectivity index (χ0n) is 27.0. The van der Waals surface area contributed by atoms with Crippen LogP contribution in [0.15, 0.2) is 90.2 Å². The van der Waals surface area contributed by atoms with Crippen molar-refractivity contribution in [2.75, 3.05) is 17.2 Å². The normalized spacial score (nSPS) is 15.4. The Morgan fingerprint density at radius 1 is 1.06 bits per heavy atom. The second kappa shape index (κ2) is 15.4. The molecule has 5 N–H and O–H groups in total. The number of aliphatic hydroxyl groups is 1. The highest BCUT2D eigenvalue weighted by atomic mass is 32.2. The van der Waals surface area contributed by atoms with E-state index in [2.05, 4.69) is 25.9 Å². The molecule has 1 aliphatic rings. The Morgan fingerprint density at radius 3 is 2.55 bits per heavy atom. The van der Waals surface area contributed by atoms with Gasteiger partial charge < -0.3 is 30.9 Å². The van der Waals surface area contributed by atoms with Gasteiger partial charge in [0.05, 0.1) is 31.1 Å². The lowest BCUT2D eigenvalue weighted by Crippen LogP contribution is -2.52. The summed E-state index contributed by atoms with van der Waals surface area (Å²) in [5.41, 5.74) is 4.99. The Morgan fingerprint density at radius 2 is 1.81 bits per heavy atom. The molecule has 0 aliphatic carbocycles. The number of benzene rings is 3. The van der Waals surface area contributed by atoms with E-state index >= 15 is 0 Å². The fraction of sp³-hybridized carbons (Fsp3) is 0.333. The molecule has 1 aromatic heterocycles. The van der Waals surface area contributed by atoms with E-state index in [0.717, 1.165) is 38.5 Å². The average molecular weight is 655 g/mol. The largest absolute Gasteiger partial charge is 0.392 e. The lowest BCUT2D eigenvalue weighted by molar-refractivity contribution is -0.128. The number of aromatic amines is 1. The third-order valence-corrected chi connectivity index (χ3v) is 9.10. The van der Waals surface area contributed by atoms with Gasteiger partial charge in [-0.1, -0.05) is 60.7 Å². The Kier molecular flexibility index (Phi) is 11.1. The molecule has 11 heteroatoms. The number of β-amino-alcohol motifs (C(OH)–C–C–N with tert-alkyl or cyclic N) is 1. The van der Waals surface area contributed by atoms with Crippen LogP contribution in [0, 0.1) is 0 Å². The van der Waals surface area contributed by atoms with E-state index < -0.39 is 17.7 Å². The van der Waals surface area contributed by atoms with Crippen LogP contribution < -0.4 is 20.9 Å². The average Bonchev–Trinajstić information content (AvgIpc) is 3.53. The minimum absolute atomic E-state index is 0.0915. The first-order valence-electron chi connectivity index (χ1n) is 15.7. The van der Waals surface area contributed by atoms with Gasteiger partial charge in [0.1, 0.15) is 6.04 Å². The molecule has 47 heavy (non-hydrogen) atoms. The maximum atomic E-state index is 14.0. The second-order valence-corrected chi connectivity index (χ2v) is 13.6. The highest BCUT2D eigenvalue weighted by Gasteiger charge is 2.33. The van der Waals surface area contributed by atoms with Gasteiger partial charge in [-0.15, -0.1) is 11.8 Å². The van der Waals surface area contributed by atoms with Crippen molar-refractivity contribution in [3.63, 3.8) is 0 Å². The molecule has 0 bridgehead atoms. The first-order chi connectivity index (χ1) is 22.6. The van der Waals surface area contributed by atoms with E-state index in [4.69, 9.17) is 0 Å². The summed E-state index contributed by atoms with van der Waals surface area (Å²) in [7, 11) is 0. The number of amides is 3. The standard InChI is InChI=1S/C36H42N6O4S/c1-24(43)18-40-36(2,3)17-34(45)41-30-22-47-32-11-7-6-10-31(32)42(35(30)46)21-25-12-14-26(15-13-25)29-9-5-4-8-27(29)19-38-33(44)16-28-20-37-23-39-28/h4-15,20,23-24,30,40,43H,16-19,21-22H2,1-3H3,(H,37,39)(H,38,44)(H,41,45)/t24-,30-/m1/s1. The molecule has 0 fully saturated rings. The van der Waals surface area contributed by atoms with Crippen molar-refractivity contribution in [1.29, 1.82) is 0 Å². The molecule has 0 saturated heterocycles. The Labute approximate surface area is 279 Å². The monoisotopic (exact) mass is 654 g/mol. The Balaban J connectivity index is 1.28. The Hall–Kier alpha value is -4.45. The van der Waals surface area contributed by atoms with Gasteiger partial charge in [-0.25, -0.2) is 4.98 Å². The van der Waals surface area contributed by atoms with E-state index in [9.17, 15) is 19.5 Å². The predicted octanol–water partition coefficient (Wildman–Crippen LogP) is 4.20. The summed E-state index contributed by atoms with van der Waals surface area (Å²) >= 11 is 1.56. The van der Waals surface area contributed by atoms with Crippen molar-refractivity contribution in [1.82, 2.24) is 25.9 Å². The molecular formula is C36H42N6O4S. The molecule has 246 valence electrons. The van der Waals surface area contributed by atoms with Crippen molar-refractivity contribution in [2.24, 2.45) is 0 Å². The summed E-state index contributed by atoms with van der Waals surface area (Å²) in [6.07, 6.45) is 3.07. The van der Waals surface area contributed by atoms with Crippen molar-refractivity contribution in [3.05, 3.63) is 102 Å². The van der Waals surface area contributed by atoms with Gasteiger partial charge in [-0.05, 0) is 55.2 Å². The molecular weight excluding hydrogens is 613 g/mol. The van der Waals surface area contributed by atoms with Crippen LogP contribution in [0.2, 0.25) is 0 Å². The van der Waals surface area contributed by atoms with Crippen LogP contribution >= 0.6 is 11.8 Å². The predicted molar refractivity (Wildman–Crippen MR) is 185 cm³/mol. The van der Waals surface area contributed by atoms with Crippen LogP contribution in [0.25, 0.3) is 11.1 Å². The van der Waals surface area contributed by atoms with Crippen LogP contribution in [0.5, 0.6) is 0 Å². The molecule has 1 aliphatic heterocycles. The number of carbonyl (C=O) groups excluding carboxylic acids is 3. The molecule has 2 atom stereocenters. The fourth-order valence-corrected chi connectivity index (χ4v) is 6.57. The summed E-state index contributed by atoms with van der Waals surface area (Å²) in [4.78, 5) is 49.2. The highest BCUT2D eigenvalue weighted by molar-refractivity contribution is 7.99. The fourth-order valence-electron chi connectivity index (χ4n) is 5.49. The van der Waals surface area contributed by atoms with E-state index in [1.165, 1.54) is 0 Å². The number of imidazole rings is 1. The van der Waals surface area contributed by atoms with Gasteiger partial charge in [-0.3, -0.25) is 14.4 Å². The number of hydrogen-bond donors (Lipinski definition) is 5. The number of rotatable bonds is 13. The van der Waals surface area contributed by atoms with Crippen LogP contribution in [-0.4, -0.2) is 62.8 Å². The summed E-state index contributed by atoms with van der Waals surface area (Å²) < 4.78 is 0. The second-order valence-electron chi connectivity index (χ2n) is 12.5. The molecule has 0 radical (unpaired) electrons. The zero-order chi connectivity index (χ0) is 33.4. The number of aliphatic hydroxyl groups excluding tert-OH is 1. The number of H-pyrrole nitrogens is 1. The van der Waals surface area contributed by atoms with Gasteiger partial charge in [0.25, 0.3) is 5.91 Å². The summed E-state index contributed by atoms with van der Waals surface area (Å²) in [5, 5.41) is 18.8. The molecule has 3 amide bonds. The van der Waals surface area contributed by atoms with E-state index in [-0.39, 0.29) is 30.6 Å². The van der Waals surface area contributed by atoms with Crippen molar-refractivity contribution >= 4 is 35.2 Å². The van der Waals surface area contributed by atoms with Gasteiger partial charge in [0.2, 0.25) is 11.8 Å². The zero-order valence-corrected chi connectivity index (χ0v) is 27.8. The van der Waals surface area contributed by atoms with E-state index in [0.29, 0.717) is 25.4 Å². The lowest BCUT2D eigenvalue weighted by Gasteiger charge is -2.29. The number of hydrogen-bond acceptors (Lipinski definition) is 7. The molecule has 3 aromatic carbocycles. The number of para-hydroxylation sites is 1. The summed E-state index contributed by atoms with van der Waals surface area (Å²) in [5.74, 6) is -0.0520. The third kappa shape index (κ3) is 9.31. The first kappa shape index (κ1) is 33.9. The van der Waals surface area contributed by atoms with E-state index in [1.54, 1.807) is 36.1 Å². The van der Waals surface area contributed by atoms with Gasteiger partial charge in [0.15, 0.2) is 0 Å². The minimum Gasteiger partial charge on any atom is -0.392 e. The van der Waals surface area contributed by atoms with Gasteiger partial charge >= 0.3 is 0 Å². The smallest absolute Gasteiger partial charge is 0.250 e. The first-order valence-corrected chi connectivity index (χ1v) is 16.7. The van der Waals surface area contributed by atoms with Crippen molar-refractivity contribution in [2.45, 2.75) is 69.3 Å². The van der Waals surface area contributed by atoms with Gasteiger partial charge in [0, 0.05) is 47.6 Å². The minimum atomic E-state index is -0.693. The number of nitrogens with one attached hydrogen (secondary N) is 4. The van der Waals surface area contributed by atoms with Crippen LogP contribution in [0.1, 0.15) is 44.0 Å². The molecule has 0 unspecified atom stereocenters. The van der Waals surface area contributed by atoms with Gasteiger partial charge in [-0.2, -0.15) is 0 Å². The van der Waals surface area contributed by atoms with Crippen molar-refractivity contribution in [3.8, 4) is 11.1 Å². The topological polar surface area (TPSA) is 139 Å². The highest BCUT2D eigenvalue weighted by Crippen LogP contribution is 2.35. The van der Waals surface area contributed by atoms with Crippen LogP contribution in [0.4, 0.5) is 5.69 Å². The lowest BCUT2D eigenvalue weighted by atomic mass is 9.98. The van der Waals surface area contributed by atoms with Crippen molar-refractivity contribution < 1.29 is 19.5 Å². The Bertz CT molecular complexity index is 1670. The number of carbonyl (C=O) groups is 3. The van der Waals surface area contributed by atoms with Crippen LogP contribution in [0.3, 0.4) is 0 Å². The number of fused-ring (bicyclic) bond motifs is 1. The summed E-state index contributed by atoms with van der Waals surface area (Å²) in [6, 6.07) is 23.2. The molecule has 2 heterocycles.